The normalized spacial score (nSPS) is 16.5. The fourth-order valence-electron chi connectivity index (χ4n) is 2.72. The van der Waals surface area contributed by atoms with E-state index in [0.717, 1.165) is 43.3 Å². The van der Waals surface area contributed by atoms with Crippen molar-refractivity contribution in [3.8, 4) is 11.3 Å². The van der Waals surface area contributed by atoms with Crippen LogP contribution < -0.4 is 10.2 Å². The fourth-order valence-corrected chi connectivity index (χ4v) is 2.72. The predicted octanol–water partition coefficient (Wildman–Crippen LogP) is 2.87. The second-order valence-corrected chi connectivity index (χ2v) is 5.62. The summed E-state index contributed by atoms with van der Waals surface area (Å²) in [4.78, 5) is 7.16. The molecule has 1 aliphatic rings. The van der Waals surface area contributed by atoms with Crippen molar-refractivity contribution in [2.75, 3.05) is 38.2 Å². The molecule has 1 aromatic carbocycles. The summed E-state index contributed by atoms with van der Waals surface area (Å²) in [6.45, 7) is 6.13. The first-order chi connectivity index (χ1) is 10.8. The van der Waals surface area contributed by atoms with E-state index in [4.69, 9.17) is 9.72 Å². The maximum atomic E-state index is 5.35. The van der Waals surface area contributed by atoms with E-state index in [1.807, 2.05) is 0 Å². The smallest absolute Gasteiger partial charge is 0.129 e. The minimum absolute atomic E-state index is 0.120. The maximum absolute atomic E-state index is 5.35. The van der Waals surface area contributed by atoms with Crippen molar-refractivity contribution >= 4 is 5.82 Å². The third kappa shape index (κ3) is 3.29. The summed E-state index contributed by atoms with van der Waals surface area (Å²) in [5.41, 5.74) is 3.35. The van der Waals surface area contributed by atoms with Crippen molar-refractivity contribution in [3.05, 3.63) is 48.0 Å². The summed E-state index contributed by atoms with van der Waals surface area (Å²) in [5.74, 6) is 1.06. The van der Waals surface area contributed by atoms with Gasteiger partial charge in [-0.3, -0.25) is 0 Å². The average Bonchev–Trinajstić information content (AvgIpc) is 2.62. The van der Waals surface area contributed by atoms with Gasteiger partial charge in [0.25, 0.3) is 0 Å². The van der Waals surface area contributed by atoms with Crippen molar-refractivity contribution < 1.29 is 4.74 Å². The Morgan fingerprint density at radius 2 is 1.82 bits per heavy atom. The van der Waals surface area contributed by atoms with Crippen molar-refractivity contribution in [3.63, 3.8) is 0 Å². The first kappa shape index (κ1) is 15.0. The van der Waals surface area contributed by atoms with Crippen molar-refractivity contribution in [2.24, 2.45) is 0 Å². The standard InChI is InChI=1S/C18H23N3O/c1-14(22-2)15-6-8-16(9-7-15)17-4-3-5-18(20-17)21-12-10-19-11-13-21/h3-9,14,19H,10-13H2,1-2H3. The van der Waals surface area contributed by atoms with Gasteiger partial charge in [0.2, 0.25) is 0 Å². The number of aromatic nitrogens is 1. The lowest BCUT2D eigenvalue weighted by Crippen LogP contribution is -2.43. The molecule has 0 spiro atoms. The van der Waals surface area contributed by atoms with Gasteiger partial charge in [0.15, 0.2) is 0 Å². The number of piperazine rings is 1. The molecule has 2 aromatic rings. The van der Waals surface area contributed by atoms with Crippen molar-refractivity contribution in [1.82, 2.24) is 10.3 Å². The van der Waals surface area contributed by atoms with Gasteiger partial charge in [-0.15, -0.1) is 0 Å². The molecular weight excluding hydrogens is 274 g/mol. The van der Waals surface area contributed by atoms with Gasteiger partial charge in [-0.25, -0.2) is 4.98 Å². The van der Waals surface area contributed by atoms with Gasteiger partial charge in [0, 0.05) is 38.9 Å². The largest absolute Gasteiger partial charge is 0.377 e. The first-order valence-electron chi connectivity index (χ1n) is 7.84. The van der Waals surface area contributed by atoms with Gasteiger partial charge >= 0.3 is 0 Å². The SMILES string of the molecule is COC(C)c1ccc(-c2cccc(N3CCNCC3)n2)cc1. The molecule has 1 aromatic heterocycles. The molecule has 0 saturated carbocycles. The van der Waals surface area contributed by atoms with Crippen LogP contribution in [-0.2, 0) is 4.74 Å². The molecule has 116 valence electrons. The Balaban J connectivity index is 1.82. The van der Waals surface area contributed by atoms with E-state index < -0.39 is 0 Å². The molecule has 0 aliphatic carbocycles. The van der Waals surface area contributed by atoms with Crippen LogP contribution in [0.25, 0.3) is 11.3 Å². The molecule has 1 N–H and O–H groups in total. The maximum Gasteiger partial charge on any atom is 0.129 e. The van der Waals surface area contributed by atoms with E-state index >= 15 is 0 Å². The Kier molecular flexibility index (Phi) is 4.71. The highest BCUT2D eigenvalue weighted by molar-refractivity contribution is 5.62. The highest BCUT2D eigenvalue weighted by Crippen LogP contribution is 2.23. The fraction of sp³-hybridized carbons (Fsp3) is 0.389. The van der Waals surface area contributed by atoms with E-state index in [-0.39, 0.29) is 6.10 Å². The molecule has 0 radical (unpaired) electrons. The van der Waals surface area contributed by atoms with Crippen molar-refractivity contribution in [2.45, 2.75) is 13.0 Å². The number of hydrogen-bond donors (Lipinski definition) is 1. The number of nitrogens with zero attached hydrogens (tertiary/aromatic N) is 2. The minimum atomic E-state index is 0.120. The lowest BCUT2D eigenvalue weighted by molar-refractivity contribution is 0.119. The Morgan fingerprint density at radius 1 is 1.09 bits per heavy atom. The molecule has 1 aliphatic heterocycles. The molecule has 3 rings (SSSR count). The summed E-state index contributed by atoms with van der Waals surface area (Å²) in [7, 11) is 1.73. The third-order valence-electron chi connectivity index (χ3n) is 4.20. The number of hydrogen-bond acceptors (Lipinski definition) is 4. The molecule has 2 heterocycles. The number of anilines is 1. The molecule has 0 amide bonds. The van der Waals surface area contributed by atoms with Crippen LogP contribution in [-0.4, -0.2) is 38.3 Å². The van der Waals surface area contributed by atoms with Crippen LogP contribution in [0.1, 0.15) is 18.6 Å². The molecular formula is C18H23N3O. The summed E-state index contributed by atoms with van der Waals surface area (Å²) >= 11 is 0. The Bertz CT molecular complexity index is 606. The zero-order valence-corrected chi connectivity index (χ0v) is 13.2. The lowest BCUT2D eigenvalue weighted by atomic mass is 10.1. The Labute approximate surface area is 132 Å². The number of nitrogens with one attached hydrogen (secondary N) is 1. The second-order valence-electron chi connectivity index (χ2n) is 5.62. The molecule has 4 nitrogen and oxygen atoms in total. The number of methoxy groups -OCH3 is 1. The highest BCUT2D eigenvalue weighted by atomic mass is 16.5. The second kappa shape index (κ2) is 6.90. The average molecular weight is 297 g/mol. The monoisotopic (exact) mass is 297 g/mol. The number of benzene rings is 1. The number of rotatable bonds is 4. The zero-order valence-electron chi connectivity index (χ0n) is 13.2. The molecule has 22 heavy (non-hydrogen) atoms. The molecule has 1 fully saturated rings. The molecule has 1 saturated heterocycles. The van der Waals surface area contributed by atoms with Crippen LogP contribution in [0, 0.1) is 0 Å². The van der Waals surface area contributed by atoms with Gasteiger partial charge < -0.3 is 15.0 Å². The topological polar surface area (TPSA) is 37.4 Å². The number of pyridine rings is 1. The van der Waals surface area contributed by atoms with E-state index in [1.165, 1.54) is 5.56 Å². The first-order valence-corrected chi connectivity index (χ1v) is 7.84. The lowest BCUT2D eigenvalue weighted by Gasteiger charge is -2.28. The molecule has 1 unspecified atom stereocenters. The number of ether oxygens (including phenoxy) is 1. The highest BCUT2D eigenvalue weighted by Gasteiger charge is 2.12. The zero-order chi connectivity index (χ0) is 15.4. The van der Waals surface area contributed by atoms with Crippen molar-refractivity contribution in [1.29, 1.82) is 0 Å². The van der Waals surface area contributed by atoms with E-state index in [2.05, 4.69) is 59.6 Å². The van der Waals surface area contributed by atoms with Crippen LogP contribution in [0.15, 0.2) is 42.5 Å². The molecule has 4 heteroatoms. The summed E-state index contributed by atoms with van der Waals surface area (Å²) in [6, 6.07) is 14.7. The molecule has 0 bridgehead atoms. The third-order valence-corrected chi connectivity index (χ3v) is 4.20. The minimum Gasteiger partial charge on any atom is -0.377 e. The Morgan fingerprint density at radius 3 is 2.50 bits per heavy atom. The summed E-state index contributed by atoms with van der Waals surface area (Å²) < 4.78 is 5.35. The van der Waals surface area contributed by atoms with Gasteiger partial charge in [-0.05, 0) is 24.6 Å². The summed E-state index contributed by atoms with van der Waals surface area (Å²) in [6.07, 6.45) is 0.120. The van der Waals surface area contributed by atoms with Gasteiger partial charge in [0.1, 0.15) is 5.82 Å². The van der Waals surface area contributed by atoms with E-state index in [0.29, 0.717) is 0 Å². The Hall–Kier alpha value is -1.91. The summed E-state index contributed by atoms with van der Waals surface area (Å²) in [5, 5.41) is 3.37. The molecule has 1 atom stereocenters. The van der Waals surface area contributed by atoms with Gasteiger partial charge in [-0.1, -0.05) is 30.3 Å². The van der Waals surface area contributed by atoms with Gasteiger partial charge in [-0.2, -0.15) is 0 Å². The van der Waals surface area contributed by atoms with Gasteiger partial charge in [0.05, 0.1) is 11.8 Å². The van der Waals surface area contributed by atoms with Crippen LogP contribution >= 0.6 is 0 Å². The van der Waals surface area contributed by atoms with E-state index in [1.54, 1.807) is 7.11 Å². The van der Waals surface area contributed by atoms with Crippen LogP contribution in [0.3, 0.4) is 0 Å². The van der Waals surface area contributed by atoms with Crippen LogP contribution in [0.4, 0.5) is 5.82 Å². The van der Waals surface area contributed by atoms with E-state index in [9.17, 15) is 0 Å². The van der Waals surface area contributed by atoms with Crippen LogP contribution in [0.5, 0.6) is 0 Å². The van der Waals surface area contributed by atoms with Crippen LogP contribution in [0.2, 0.25) is 0 Å². The quantitative estimate of drug-likeness (QED) is 0.941. The predicted molar refractivity (Wildman–Crippen MR) is 90.2 cm³/mol.